The van der Waals surface area contributed by atoms with Crippen LogP contribution in [0.4, 0.5) is 0 Å². The van der Waals surface area contributed by atoms with Gasteiger partial charge in [-0.1, -0.05) is 6.07 Å². The molecule has 1 spiro atoms. The zero-order valence-electron chi connectivity index (χ0n) is 11.2. The Labute approximate surface area is 125 Å². The summed E-state index contributed by atoms with van der Waals surface area (Å²) in [6.07, 6.45) is -0.189. The molecule has 106 valence electrons. The third-order valence-electron chi connectivity index (χ3n) is 4.63. The number of thiophene rings is 1. The second-order valence-electron chi connectivity index (χ2n) is 5.61. The Morgan fingerprint density at radius 1 is 1.48 bits per heavy atom. The first-order valence-corrected chi connectivity index (χ1v) is 7.49. The predicted molar refractivity (Wildman–Crippen MR) is 74.0 cm³/mol. The molecule has 1 aromatic rings. The number of nitrogens with zero attached hydrogens (tertiary/aromatic N) is 3. The van der Waals surface area contributed by atoms with Gasteiger partial charge in [0.2, 0.25) is 0 Å². The van der Waals surface area contributed by atoms with Crippen molar-refractivity contribution < 1.29 is 9.47 Å². The Balaban J connectivity index is 1.94. The average molecular weight is 300 g/mol. The summed E-state index contributed by atoms with van der Waals surface area (Å²) in [5.41, 5.74) is 3.69. The first-order chi connectivity index (χ1) is 10.1. The van der Waals surface area contributed by atoms with E-state index in [1.807, 2.05) is 24.4 Å². The molecule has 0 aromatic carbocycles. The van der Waals surface area contributed by atoms with Crippen LogP contribution < -0.4 is 5.73 Å². The number of nitriles is 2. The van der Waals surface area contributed by atoms with Crippen LogP contribution in [-0.4, -0.2) is 24.5 Å². The summed E-state index contributed by atoms with van der Waals surface area (Å²) < 4.78 is 11.6. The number of hydrogen-bond acceptors (Lipinski definition) is 7. The molecule has 2 N–H and O–H groups in total. The van der Waals surface area contributed by atoms with Gasteiger partial charge < -0.3 is 15.2 Å². The summed E-state index contributed by atoms with van der Waals surface area (Å²) in [5, 5.41) is 21.5. The van der Waals surface area contributed by atoms with Gasteiger partial charge in [-0.3, -0.25) is 0 Å². The first kappa shape index (κ1) is 12.8. The van der Waals surface area contributed by atoms with Crippen molar-refractivity contribution in [2.24, 2.45) is 21.6 Å². The largest absolute Gasteiger partial charge is 0.386 e. The molecule has 2 aliphatic heterocycles. The highest BCUT2D eigenvalue weighted by molar-refractivity contribution is 7.10. The molecule has 0 unspecified atom stereocenters. The lowest BCUT2D eigenvalue weighted by molar-refractivity contribution is -0.193. The number of amidine groups is 1. The maximum Gasteiger partial charge on any atom is 0.293 e. The molecule has 1 aromatic heterocycles. The third kappa shape index (κ3) is 1.10. The summed E-state index contributed by atoms with van der Waals surface area (Å²) in [5.74, 6) is -1.67. The topological polar surface area (TPSA) is 104 Å². The molecule has 0 radical (unpaired) electrons. The molecule has 5 atom stereocenters. The van der Waals surface area contributed by atoms with Gasteiger partial charge in [0, 0.05) is 10.8 Å². The van der Waals surface area contributed by atoms with Crippen molar-refractivity contribution in [2.75, 3.05) is 6.61 Å². The molecule has 0 amide bonds. The standard InChI is InChI=1S/C14H12N4O2S/c1-8-5-19-14(20-8)13(7-16)10(9-3-2-4-21-9)12(13,6-15)11(17)18-14/h2-4,8,10H,5H2,1H3,(H2,17,18)/t8-,10+,12+,13+,14+/m0/s1. The van der Waals surface area contributed by atoms with Gasteiger partial charge in [-0.15, -0.1) is 11.3 Å². The molecule has 7 heteroatoms. The minimum atomic E-state index is -1.45. The van der Waals surface area contributed by atoms with Gasteiger partial charge in [-0.25, -0.2) is 4.99 Å². The summed E-state index contributed by atoms with van der Waals surface area (Å²) in [6.45, 7) is 2.18. The fraction of sp³-hybridized carbons (Fsp3) is 0.500. The van der Waals surface area contributed by atoms with Crippen LogP contribution in [-0.2, 0) is 9.47 Å². The molecule has 4 rings (SSSR count). The fourth-order valence-electron chi connectivity index (χ4n) is 3.74. The van der Waals surface area contributed by atoms with Gasteiger partial charge in [0.05, 0.1) is 24.8 Å². The first-order valence-electron chi connectivity index (χ1n) is 6.61. The minimum Gasteiger partial charge on any atom is -0.386 e. The van der Waals surface area contributed by atoms with E-state index in [4.69, 9.17) is 15.2 Å². The molecule has 1 saturated heterocycles. The second-order valence-corrected chi connectivity index (χ2v) is 6.59. The lowest BCUT2D eigenvalue weighted by Gasteiger charge is -2.26. The molecule has 6 nitrogen and oxygen atoms in total. The van der Waals surface area contributed by atoms with Gasteiger partial charge in [0.15, 0.2) is 10.8 Å². The SMILES string of the molecule is C[C@H]1CO[C@@]2(N=C(N)[C@@]3(C#N)[C@@H](c4cccs4)[C@@]23C#N)O1. The van der Waals surface area contributed by atoms with Crippen LogP contribution in [0.15, 0.2) is 22.5 Å². The van der Waals surface area contributed by atoms with Gasteiger partial charge in [-0.05, 0) is 18.4 Å². The number of nitrogens with two attached hydrogens (primary N) is 1. The van der Waals surface area contributed by atoms with Crippen molar-refractivity contribution >= 4 is 17.2 Å². The fourth-order valence-corrected chi connectivity index (χ4v) is 4.70. The molecular weight excluding hydrogens is 288 g/mol. The lowest BCUT2D eigenvalue weighted by Crippen LogP contribution is -2.39. The summed E-state index contributed by atoms with van der Waals surface area (Å²) in [7, 11) is 0. The van der Waals surface area contributed by atoms with E-state index in [2.05, 4.69) is 17.1 Å². The average Bonchev–Trinajstić information content (AvgIpc) is 2.87. The lowest BCUT2D eigenvalue weighted by atomic mass is 9.94. The van der Waals surface area contributed by atoms with E-state index in [1.54, 1.807) is 0 Å². The van der Waals surface area contributed by atoms with Crippen molar-refractivity contribution in [1.29, 1.82) is 10.5 Å². The molecule has 3 aliphatic rings. The van der Waals surface area contributed by atoms with Gasteiger partial charge >= 0.3 is 0 Å². The molecule has 2 fully saturated rings. The zero-order chi connectivity index (χ0) is 14.9. The number of fused-ring (bicyclic) bond motifs is 2. The van der Waals surface area contributed by atoms with E-state index in [9.17, 15) is 10.5 Å². The quantitative estimate of drug-likeness (QED) is 0.842. The molecular formula is C14H12N4O2S. The smallest absolute Gasteiger partial charge is 0.293 e. The third-order valence-corrected chi connectivity index (χ3v) is 5.57. The number of hydrogen-bond donors (Lipinski definition) is 1. The Morgan fingerprint density at radius 3 is 2.81 bits per heavy atom. The van der Waals surface area contributed by atoms with Crippen molar-refractivity contribution in [3.8, 4) is 12.1 Å². The maximum atomic E-state index is 9.88. The molecule has 3 heterocycles. The van der Waals surface area contributed by atoms with E-state index < -0.39 is 16.7 Å². The van der Waals surface area contributed by atoms with E-state index in [0.717, 1.165) is 4.88 Å². The van der Waals surface area contributed by atoms with Gasteiger partial charge in [0.25, 0.3) is 5.91 Å². The van der Waals surface area contributed by atoms with Crippen molar-refractivity contribution in [1.82, 2.24) is 0 Å². The highest BCUT2D eigenvalue weighted by Gasteiger charge is 2.94. The van der Waals surface area contributed by atoms with Crippen molar-refractivity contribution in [3.63, 3.8) is 0 Å². The molecule has 1 aliphatic carbocycles. The molecule has 21 heavy (non-hydrogen) atoms. The van der Waals surface area contributed by atoms with Crippen LogP contribution in [0.2, 0.25) is 0 Å². The molecule has 0 bridgehead atoms. The monoisotopic (exact) mass is 300 g/mol. The molecule has 1 saturated carbocycles. The van der Waals surface area contributed by atoms with E-state index in [0.29, 0.717) is 6.61 Å². The Bertz CT molecular complexity index is 733. The maximum absolute atomic E-state index is 9.88. The predicted octanol–water partition coefficient (Wildman–Crippen LogP) is 1.33. The number of aliphatic imine (C=N–C) groups is 1. The van der Waals surface area contributed by atoms with Crippen LogP contribution in [0.3, 0.4) is 0 Å². The summed E-state index contributed by atoms with van der Waals surface area (Å²) >= 11 is 1.50. The van der Waals surface area contributed by atoms with E-state index in [1.165, 1.54) is 11.3 Å². The van der Waals surface area contributed by atoms with Crippen LogP contribution in [0.1, 0.15) is 17.7 Å². The Hall–Kier alpha value is -1.93. The van der Waals surface area contributed by atoms with Crippen LogP contribution in [0.25, 0.3) is 0 Å². The van der Waals surface area contributed by atoms with Crippen LogP contribution >= 0.6 is 11.3 Å². The van der Waals surface area contributed by atoms with Gasteiger partial charge in [-0.2, -0.15) is 10.5 Å². The highest BCUT2D eigenvalue weighted by Crippen LogP contribution is 2.82. The van der Waals surface area contributed by atoms with Crippen LogP contribution in [0, 0.1) is 33.5 Å². The normalized spacial score (nSPS) is 46.7. The Morgan fingerprint density at radius 2 is 2.29 bits per heavy atom. The number of rotatable bonds is 1. The van der Waals surface area contributed by atoms with Gasteiger partial charge in [0.1, 0.15) is 5.84 Å². The Kier molecular flexibility index (Phi) is 2.21. The van der Waals surface area contributed by atoms with Crippen molar-refractivity contribution in [3.05, 3.63) is 22.4 Å². The van der Waals surface area contributed by atoms with Crippen LogP contribution in [0.5, 0.6) is 0 Å². The zero-order valence-corrected chi connectivity index (χ0v) is 12.1. The minimum absolute atomic E-state index is 0.138. The second kappa shape index (κ2) is 3.63. The summed E-state index contributed by atoms with van der Waals surface area (Å²) in [4.78, 5) is 5.19. The van der Waals surface area contributed by atoms with E-state index in [-0.39, 0.29) is 17.9 Å². The summed E-state index contributed by atoms with van der Waals surface area (Å²) in [6, 6.07) is 8.30. The highest BCUT2D eigenvalue weighted by atomic mass is 32.1. The van der Waals surface area contributed by atoms with E-state index >= 15 is 0 Å². The number of ether oxygens (including phenoxy) is 2. The van der Waals surface area contributed by atoms with Crippen molar-refractivity contribution in [2.45, 2.75) is 24.9 Å².